The summed E-state index contributed by atoms with van der Waals surface area (Å²) >= 11 is 0. The number of nitrogens with zero attached hydrogens (tertiary/aromatic N) is 3. The second-order valence-corrected chi connectivity index (χ2v) is 6.25. The highest BCUT2D eigenvalue weighted by Gasteiger charge is 2.30. The van der Waals surface area contributed by atoms with Crippen LogP contribution in [0.5, 0.6) is 0 Å². The van der Waals surface area contributed by atoms with E-state index in [0.717, 1.165) is 12.4 Å². The molecule has 0 aliphatic carbocycles. The molecule has 1 aliphatic rings. The van der Waals surface area contributed by atoms with Crippen LogP contribution in [-0.2, 0) is 0 Å². The van der Waals surface area contributed by atoms with Gasteiger partial charge in [0.2, 0.25) is 5.95 Å². The first-order valence-corrected chi connectivity index (χ1v) is 8.00. The third kappa shape index (κ3) is 2.50. The Kier molecular flexibility index (Phi) is 3.37. The molecule has 4 heteroatoms. The summed E-state index contributed by atoms with van der Waals surface area (Å²) in [7, 11) is 0. The van der Waals surface area contributed by atoms with Gasteiger partial charge in [-0.25, -0.2) is 4.68 Å². The van der Waals surface area contributed by atoms with Gasteiger partial charge < -0.3 is 5.32 Å². The molecule has 0 radical (unpaired) electrons. The van der Waals surface area contributed by atoms with Gasteiger partial charge in [0, 0.05) is 0 Å². The number of fused-ring (bicyclic) bond motifs is 1. The Bertz CT molecular complexity index is 822. The molecule has 2 heterocycles. The first kappa shape index (κ1) is 14.0. The van der Waals surface area contributed by atoms with Crippen molar-refractivity contribution < 1.29 is 0 Å². The van der Waals surface area contributed by atoms with Gasteiger partial charge >= 0.3 is 0 Å². The number of aromatic nitrogens is 3. The summed E-state index contributed by atoms with van der Waals surface area (Å²) in [6, 6.07) is 17.7. The van der Waals surface area contributed by atoms with Crippen LogP contribution in [0.2, 0.25) is 0 Å². The minimum Gasteiger partial charge on any atom is -0.348 e. The quantitative estimate of drug-likeness (QED) is 0.777. The summed E-state index contributed by atoms with van der Waals surface area (Å²) in [6.07, 6.45) is 2.60. The Balaban J connectivity index is 1.78. The number of hydrogen-bond donors (Lipinski definition) is 1. The van der Waals surface area contributed by atoms with E-state index >= 15 is 0 Å². The third-order valence-corrected chi connectivity index (χ3v) is 4.63. The monoisotopic (exact) mass is 304 g/mol. The zero-order chi connectivity index (χ0) is 15.8. The summed E-state index contributed by atoms with van der Waals surface area (Å²) in [6.45, 7) is 4.31. The smallest absolute Gasteiger partial charge is 0.222 e. The summed E-state index contributed by atoms with van der Waals surface area (Å²) < 4.78 is 2.02. The molecule has 23 heavy (non-hydrogen) atoms. The molecule has 0 bridgehead atoms. The van der Waals surface area contributed by atoms with Gasteiger partial charge in [-0.1, -0.05) is 54.1 Å². The fourth-order valence-corrected chi connectivity index (χ4v) is 3.40. The van der Waals surface area contributed by atoms with E-state index in [-0.39, 0.29) is 12.1 Å². The molecule has 3 aromatic rings. The van der Waals surface area contributed by atoms with Crippen LogP contribution in [0, 0.1) is 13.8 Å². The normalized spacial score (nSPS) is 19.9. The van der Waals surface area contributed by atoms with Crippen molar-refractivity contribution in [1.82, 2.24) is 14.8 Å². The molecule has 0 unspecified atom stereocenters. The largest absolute Gasteiger partial charge is 0.348 e. The summed E-state index contributed by atoms with van der Waals surface area (Å²) in [5.41, 5.74) is 5.20. The molecular weight excluding hydrogens is 284 g/mol. The van der Waals surface area contributed by atoms with Crippen molar-refractivity contribution in [2.75, 3.05) is 5.32 Å². The van der Waals surface area contributed by atoms with Gasteiger partial charge in [0.15, 0.2) is 0 Å². The zero-order valence-corrected chi connectivity index (χ0v) is 13.4. The lowest BCUT2D eigenvalue weighted by Crippen LogP contribution is -2.28. The number of nitrogens with one attached hydrogen (secondary N) is 1. The fourth-order valence-electron chi connectivity index (χ4n) is 3.40. The van der Waals surface area contributed by atoms with E-state index in [9.17, 15) is 0 Å². The van der Waals surface area contributed by atoms with Crippen LogP contribution < -0.4 is 5.32 Å². The number of anilines is 1. The Hall–Kier alpha value is -2.62. The molecule has 1 aliphatic heterocycles. The molecule has 4 rings (SSSR count). The maximum atomic E-state index is 4.46. The molecule has 0 spiro atoms. The van der Waals surface area contributed by atoms with E-state index in [1.165, 1.54) is 22.3 Å². The van der Waals surface area contributed by atoms with Gasteiger partial charge in [0.25, 0.3) is 0 Å². The van der Waals surface area contributed by atoms with Gasteiger partial charge in [0.1, 0.15) is 6.33 Å². The molecule has 2 aromatic carbocycles. The van der Waals surface area contributed by atoms with Crippen molar-refractivity contribution in [2.45, 2.75) is 32.4 Å². The average molecular weight is 304 g/mol. The Morgan fingerprint density at radius 3 is 2.74 bits per heavy atom. The van der Waals surface area contributed by atoms with E-state index in [4.69, 9.17) is 0 Å². The average Bonchev–Trinajstić information content (AvgIpc) is 3.05. The molecule has 1 aromatic heterocycles. The molecule has 116 valence electrons. The summed E-state index contributed by atoms with van der Waals surface area (Å²) in [4.78, 5) is 4.40. The minimum atomic E-state index is 0.207. The van der Waals surface area contributed by atoms with Crippen LogP contribution in [0.3, 0.4) is 0 Å². The first-order chi connectivity index (χ1) is 11.2. The highest BCUT2D eigenvalue weighted by Crippen LogP contribution is 2.38. The van der Waals surface area contributed by atoms with E-state index in [0.29, 0.717) is 0 Å². The van der Waals surface area contributed by atoms with Gasteiger partial charge in [0.05, 0.1) is 12.1 Å². The predicted octanol–water partition coefficient (Wildman–Crippen LogP) is 4.04. The van der Waals surface area contributed by atoms with Crippen LogP contribution in [0.25, 0.3) is 0 Å². The van der Waals surface area contributed by atoms with Gasteiger partial charge in [-0.2, -0.15) is 10.1 Å². The molecule has 1 N–H and O–H groups in total. The van der Waals surface area contributed by atoms with Gasteiger partial charge in [-0.15, -0.1) is 0 Å². The van der Waals surface area contributed by atoms with Crippen molar-refractivity contribution in [3.8, 4) is 0 Å². The number of benzene rings is 2. The van der Waals surface area contributed by atoms with E-state index in [1.807, 2.05) is 4.68 Å². The Morgan fingerprint density at radius 1 is 1.09 bits per heavy atom. The standard InChI is InChI=1S/C19H20N4/c1-13-8-9-14(2)16(10-13)18-11-17(15-6-4-3-5-7-15)22-19-20-12-21-23(18)19/h3-10,12,17-18H,11H2,1-2H3,(H,20,21,22)/t17-,18+/m1/s1. The van der Waals surface area contributed by atoms with Crippen LogP contribution in [0.4, 0.5) is 5.95 Å². The van der Waals surface area contributed by atoms with E-state index in [2.05, 4.69) is 77.8 Å². The third-order valence-electron chi connectivity index (χ3n) is 4.63. The van der Waals surface area contributed by atoms with Crippen LogP contribution in [0.1, 0.15) is 40.8 Å². The number of hydrogen-bond acceptors (Lipinski definition) is 3. The maximum Gasteiger partial charge on any atom is 0.222 e. The minimum absolute atomic E-state index is 0.207. The molecule has 4 nitrogen and oxygen atoms in total. The van der Waals surface area contributed by atoms with Gasteiger partial charge in [-0.3, -0.25) is 0 Å². The van der Waals surface area contributed by atoms with Crippen molar-refractivity contribution in [3.63, 3.8) is 0 Å². The maximum absolute atomic E-state index is 4.46. The van der Waals surface area contributed by atoms with Crippen LogP contribution in [-0.4, -0.2) is 14.8 Å². The Labute approximate surface area is 136 Å². The molecule has 0 amide bonds. The highest BCUT2D eigenvalue weighted by molar-refractivity contribution is 5.41. The second-order valence-electron chi connectivity index (χ2n) is 6.25. The summed E-state index contributed by atoms with van der Waals surface area (Å²) in [5, 5.41) is 7.97. The lowest BCUT2D eigenvalue weighted by atomic mass is 9.90. The lowest BCUT2D eigenvalue weighted by molar-refractivity contribution is 0.429. The van der Waals surface area contributed by atoms with Gasteiger partial charge in [-0.05, 0) is 37.0 Å². The summed E-state index contributed by atoms with van der Waals surface area (Å²) in [5.74, 6) is 0.844. The molecular formula is C19H20N4. The molecule has 2 atom stereocenters. The Morgan fingerprint density at radius 2 is 1.91 bits per heavy atom. The van der Waals surface area contributed by atoms with Crippen molar-refractivity contribution >= 4 is 5.95 Å². The zero-order valence-electron chi connectivity index (χ0n) is 13.4. The van der Waals surface area contributed by atoms with Crippen molar-refractivity contribution in [2.24, 2.45) is 0 Å². The van der Waals surface area contributed by atoms with E-state index < -0.39 is 0 Å². The van der Waals surface area contributed by atoms with E-state index in [1.54, 1.807) is 6.33 Å². The first-order valence-electron chi connectivity index (χ1n) is 8.00. The lowest BCUT2D eigenvalue weighted by Gasteiger charge is -2.32. The topological polar surface area (TPSA) is 42.7 Å². The highest BCUT2D eigenvalue weighted by atomic mass is 15.4. The predicted molar refractivity (Wildman–Crippen MR) is 91.5 cm³/mol. The SMILES string of the molecule is Cc1ccc(C)c([C@@H]2C[C@H](c3ccccc3)Nc3ncnn32)c1. The van der Waals surface area contributed by atoms with Crippen molar-refractivity contribution in [1.29, 1.82) is 0 Å². The van der Waals surface area contributed by atoms with Crippen molar-refractivity contribution in [3.05, 3.63) is 77.1 Å². The van der Waals surface area contributed by atoms with Crippen LogP contribution in [0.15, 0.2) is 54.9 Å². The molecule has 0 fully saturated rings. The second kappa shape index (κ2) is 5.54. The molecule has 0 saturated heterocycles. The molecule has 0 saturated carbocycles. The number of rotatable bonds is 2. The fraction of sp³-hybridized carbons (Fsp3) is 0.263. The number of aryl methyl sites for hydroxylation is 2. The van der Waals surface area contributed by atoms with Crippen LogP contribution >= 0.6 is 0 Å².